The van der Waals surface area contributed by atoms with E-state index in [0.717, 1.165) is 47.0 Å². The molecule has 0 saturated heterocycles. The maximum absolute atomic E-state index is 13.5. The lowest BCUT2D eigenvalue weighted by molar-refractivity contribution is -0.137. The zero-order valence-corrected chi connectivity index (χ0v) is 16.2. The molecular weight excluding hydrogens is 367 g/mol. The molecule has 1 aliphatic heterocycles. The lowest BCUT2D eigenvalue weighted by atomic mass is 9.84. The van der Waals surface area contributed by atoms with E-state index in [1.165, 1.54) is 35.9 Å². The summed E-state index contributed by atoms with van der Waals surface area (Å²) < 4.78 is 40.4. The normalized spacial score (nSPS) is 22.1. The predicted octanol–water partition coefficient (Wildman–Crippen LogP) is 7.14. The molecular formula is C22H24F3NS. The lowest BCUT2D eigenvalue weighted by Crippen LogP contribution is -2.27. The summed E-state index contributed by atoms with van der Waals surface area (Å²) in [4.78, 5) is 1.78. The van der Waals surface area contributed by atoms with Gasteiger partial charge in [-0.15, -0.1) is 0 Å². The van der Waals surface area contributed by atoms with Gasteiger partial charge in [0.2, 0.25) is 0 Å². The van der Waals surface area contributed by atoms with E-state index in [-0.39, 0.29) is 6.04 Å². The van der Waals surface area contributed by atoms with E-state index in [4.69, 9.17) is 0 Å². The molecule has 2 aliphatic rings. The van der Waals surface area contributed by atoms with Gasteiger partial charge in [0.15, 0.2) is 0 Å². The van der Waals surface area contributed by atoms with Gasteiger partial charge in [0, 0.05) is 27.9 Å². The molecule has 1 aliphatic carbocycles. The number of nitrogens with one attached hydrogen (secondary N) is 1. The minimum absolute atomic E-state index is 0.266. The average Bonchev–Trinajstić information content (AvgIpc) is 2.66. The van der Waals surface area contributed by atoms with E-state index in [1.807, 2.05) is 18.2 Å². The molecule has 2 aromatic carbocycles. The first-order chi connectivity index (χ1) is 12.9. The average molecular weight is 392 g/mol. The smallest absolute Gasteiger partial charge is 0.382 e. The van der Waals surface area contributed by atoms with E-state index in [2.05, 4.69) is 18.3 Å². The number of anilines is 1. The molecule has 0 spiro atoms. The molecule has 1 N–H and O–H groups in total. The van der Waals surface area contributed by atoms with Gasteiger partial charge in [-0.25, -0.2) is 0 Å². The van der Waals surface area contributed by atoms with Gasteiger partial charge >= 0.3 is 6.18 Å². The van der Waals surface area contributed by atoms with Gasteiger partial charge < -0.3 is 5.32 Å². The Bertz CT molecular complexity index is 823. The van der Waals surface area contributed by atoms with Crippen molar-refractivity contribution >= 4 is 17.4 Å². The van der Waals surface area contributed by atoms with E-state index in [9.17, 15) is 13.2 Å². The molecule has 1 saturated carbocycles. The molecule has 1 heterocycles. The molecule has 0 amide bonds. The van der Waals surface area contributed by atoms with Crippen molar-refractivity contribution in [1.82, 2.24) is 0 Å². The van der Waals surface area contributed by atoms with E-state index in [0.29, 0.717) is 12.1 Å². The molecule has 0 bridgehead atoms. The summed E-state index contributed by atoms with van der Waals surface area (Å²) in [6, 6.07) is 10.9. The van der Waals surface area contributed by atoms with Crippen molar-refractivity contribution in [2.24, 2.45) is 5.92 Å². The standard InChI is InChI=1S/C22H24F3NS/c1-2-14-7-9-17(10-8-14)26-19-12-16(22(23,24)25)13-21-18(19)11-15-5-3-4-6-20(15)27-21/h3-6,12-14,17,26H,2,7-11H2,1H3. The number of halogens is 3. The van der Waals surface area contributed by atoms with Gasteiger partial charge in [-0.05, 0) is 60.9 Å². The highest BCUT2D eigenvalue weighted by atomic mass is 32.2. The van der Waals surface area contributed by atoms with Crippen LogP contribution in [-0.4, -0.2) is 6.04 Å². The maximum atomic E-state index is 13.5. The molecule has 0 unspecified atom stereocenters. The molecule has 4 rings (SSSR count). The van der Waals surface area contributed by atoms with Crippen LogP contribution in [0.1, 0.15) is 55.7 Å². The van der Waals surface area contributed by atoms with Crippen molar-refractivity contribution in [3.8, 4) is 0 Å². The summed E-state index contributed by atoms with van der Waals surface area (Å²) in [5, 5.41) is 3.48. The van der Waals surface area contributed by atoms with Gasteiger partial charge in [0.1, 0.15) is 0 Å². The van der Waals surface area contributed by atoms with Crippen LogP contribution in [0.15, 0.2) is 46.2 Å². The Balaban J connectivity index is 1.66. The van der Waals surface area contributed by atoms with E-state index in [1.54, 1.807) is 0 Å². The monoisotopic (exact) mass is 391 g/mol. The topological polar surface area (TPSA) is 12.0 Å². The summed E-state index contributed by atoms with van der Waals surface area (Å²) in [5.74, 6) is 0.765. The Kier molecular flexibility index (Phi) is 5.15. The molecule has 144 valence electrons. The number of alkyl halides is 3. The zero-order valence-electron chi connectivity index (χ0n) is 15.4. The van der Waals surface area contributed by atoms with Gasteiger partial charge in [-0.2, -0.15) is 13.2 Å². The minimum Gasteiger partial charge on any atom is -0.382 e. The zero-order chi connectivity index (χ0) is 19.0. The van der Waals surface area contributed by atoms with Gasteiger partial charge in [0.25, 0.3) is 0 Å². The highest BCUT2D eigenvalue weighted by molar-refractivity contribution is 7.99. The van der Waals surface area contributed by atoms with Crippen LogP contribution in [-0.2, 0) is 12.6 Å². The molecule has 5 heteroatoms. The third kappa shape index (κ3) is 3.98. The largest absolute Gasteiger partial charge is 0.416 e. The lowest BCUT2D eigenvalue weighted by Gasteiger charge is -2.31. The second-order valence-electron chi connectivity index (χ2n) is 7.66. The fraction of sp³-hybridized carbons (Fsp3) is 0.455. The number of benzene rings is 2. The summed E-state index contributed by atoms with van der Waals surface area (Å²) in [6.45, 7) is 2.22. The first-order valence-electron chi connectivity index (χ1n) is 9.70. The highest BCUT2D eigenvalue weighted by Gasteiger charge is 2.34. The van der Waals surface area contributed by atoms with Crippen LogP contribution < -0.4 is 5.32 Å². The summed E-state index contributed by atoms with van der Waals surface area (Å²) >= 11 is 1.45. The second-order valence-corrected chi connectivity index (χ2v) is 8.74. The fourth-order valence-corrected chi connectivity index (χ4v) is 5.35. The Morgan fingerprint density at radius 2 is 1.78 bits per heavy atom. The quantitative estimate of drug-likeness (QED) is 0.509. The van der Waals surface area contributed by atoms with Crippen LogP contribution in [0.5, 0.6) is 0 Å². The Morgan fingerprint density at radius 1 is 1.04 bits per heavy atom. The van der Waals surface area contributed by atoms with E-state index < -0.39 is 11.7 Å². The van der Waals surface area contributed by atoms with Crippen molar-refractivity contribution in [2.45, 2.75) is 67.5 Å². The number of hydrogen-bond acceptors (Lipinski definition) is 2. The third-order valence-electron chi connectivity index (χ3n) is 5.88. The van der Waals surface area contributed by atoms with Gasteiger partial charge in [0.05, 0.1) is 5.56 Å². The van der Waals surface area contributed by atoms with Gasteiger partial charge in [-0.3, -0.25) is 0 Å². The molecule has 1 fully saturated rings. The summed E-state index contributed by atoms with van der Waals surface area (Å²) in [7, 11) is 0. The van der Waals surface area contributed by atoms with Crippen molar-refractivity contribution in [1.29, 1.82) is 0 Å². The number of rotatable bonds is 3. The van der Waals surface area contributed by atoms with Crippen LogP contribution in [0.3, 0.4) is 0 Å². The van der Waals surface area contributed by atoms with E-state index >= 15 is 0 Å². The van der Waals surface area contributed by atoms with Crippen molar-refractivity contribution < 1.29 is 13.2 Å². The minimum atomic E-state index is -4.33. The first-order valence-corrected chi connectivity index (χ1v) is 10.5. The van der Waals surface area contributed by atoms with Crippen LogP contribution in [0.4, 0.5) is 18.9 Å². The number of fused-ring (bicyclic) bond motifs is 2. The highest BCUT2D eigenvalue weighted by Crippen LogP contribution is 2.45. The van der Waals surface area contributed by atoms with Crippen LogP contribution in [0.2, 0.25) is 0 Å². The molecule has 1 nitrogen and oxygen atoms in total. The first kappa shape index (κ1) is 18.7. The fourth-order valence-electron chi connectivity index (χ4n) is 4.20. The Hall–Kier alpha value is -1.62. The summed E-state index contributed by atoms with van der Waals surface area (Å²) in [6.07, 6.45) is 1.94. The number of hydrogen-bond donors (Lipinski definition) is 1. The molecule has 27 heavy (non-hydrogen) atoms. The second kappa shape index (κ2) is 7.42. The SMILES string of the molecule is CCC1CCC(Nc2cc(C(F)(F)F)cc3c2Cc2ccccc2S3)CC1. The summed E-state index contributed by atoms with van der Waals surface area (Å²) in [5.41, 5.74) is 2.30. The Morgan fingerprint density at radius 3 is 2.48 bits per heavy atom. The molecule has 0 aromatic heterocycles. The maximum Gasteiger partial charge on any atom is 0.416 e. The van der Waals surface area contributed by atoms with Crippen LogP contribution in [0.25, 0.3) is 0 Å². The van der Waals surface area contributed by atoms with Gasteiger partial charge in [-0.1, -0.05) is 43.3 Å². The van der Waals surface area contributed by atoms with Crippen LogP contribution in [0, 0.1) is 5.92 Å². The Labute approximate surface area is 162 Å². The van der Waals surface area contributed by atoms with Crippen molar-refractivity contribution in [2.75, 3.05) is 5.32 Å². The molecule has 0 radical (unpaired) electrons. The third-order valence-corrected chi connectivity index (χ3v) is 7.08. The van der Waals surface area contributed by atoms with Crippen LogP contribution >= 0.6 is 11.8 Å². The van der Waals surface area contributed by atoms with Crippen molar-refractivity contribution in [3.63, 3.8) is 0 Å². The molecule has 0 atom stereocenters. The predicted molar refractivity (Wildman–Crippen MR) is 104 cm³/mol. The van der Waals surface area contributed by atoms with Crippen molar-refractivity contribution in [3.05, 3.63) is 53.1 Å². The molecule has 2 aromatic rings.